The molecule has 0 saturated carbocycles. The fourth-order valence-corrected chi connectivity index (χ4v) is 2.13. The lowest BCUT2D eigenvalue weighted by Crippen LogP contribution is -2.04. The van der Waals surface area contributed by atoms with Crippen molar-refractivity contribution < 1.29 is 9.66 Å². The fourth-order valence-electron chi connectivity index (χ4n) is 1.64. The van der Waals surface area contributed by atoms with E-state index in [4.69, 9.17) is 10.5 Å². The fraction of sp³-hybridized carbons (Fsp3) is 0.231. The number of aromatic nitrogens is 2. The number of nitrogens with zero attached hydrogens (tertiary/aromatic N) is 3. The Morgan fingerprint density at radius 3 is 2.76 bits per heavy atom. The largest absolute Gasteiger partial charge is 0.437 e. The van der Waals surface area contributed by atoms with Crippen molar-refractivity contribution in [3.8, 4) is 11.6 Å². The second-order valence-corrected chi connectivity index (χ2v) is 5.05. The van der Waals surface area contributed by atoms with Gasteiger partial charge in [0.05, 0.1) is 10.5 Å². The van der Waals surface area contributed by atoms with Crippen LogP contribution in [0.2, 0.25) is 0 Å². The van der Waals surface area contributed by atoms with Gasteiger partial charge >= 0.3 is 0 Å². The first-order valence-corrected chi connectivity index (χ1v) is 6.97. The van der Waals surface area contributed by atoms with Crippen molar-refractivity contribution in [2.45, 2.75) is 20.3 Å². The molecule has 0 radical (unpaired) electrons. The van der Waals surface area contributed by atoms with E-state index < -0.39 is 4.92 Å². The van der Waals surface area contributed by atoms with E-state index in [9.17, 15) is 10.1 Å². The van der Waals surface area contributed by atoms with E-state index in [1.165, 1.54) is 6.07 Å². The SMILES string of the molecule is CCc1nc(N)c(C)c(Oc2cccc([N+](=O)[O-])c2Br)n1. The molecule has 0 bridgehead atoms. The number of benzene rings is 1. The van der Waals surface area contributed by atoms with Gasteiger partial charge in [0.2, 0.25) is 5.88 Å². The highest BCUT2D eigenvalue weighted by molar-refractivity contribution is 9.10. The molecule has 8 heteroatoms. The number of nitrogen functional groups attached to an aromatic ring is 1. The van der Waals surface area contributed by atoms with Gasteiger partial charge in [-0.2, -0.15) is 4.98 Å². The summed E-state index contributed by atoms with van der Waals surface area (Å²) >= 11 is 3.18. The monoisotopic (exact) mass is 352 g/mol. The number of aryl methyl sites for hydroxylation is 1. The van der Waals surface area contributed by atoms with Gasteiger partial charge in [0.1, 0.15) is 16.1 Å². The number of anilines is 1. The zero-order valence-electron chi connectivity index (χ0n) is 11.5. The van der Waals surface area contributed by atoms with Crippen LogP contribution in [0.15, 0.2) is 22.7 Å². The molecule has 0 spiro atoms. The number of halogens is 1. The van der Waals surface area contributed by atoms with Crippen molar-refractivity contribution >= 4 is 27.4 Å². The minimum atomic E-state index is -0.490. The Morgan fingerprint density at radius 2 is 2.14 bits per heavy atom. The average Bonchev–Trinajstić information content (AvgIpc) is 2.45. The lowest BCUT2D eigenvalue weighted by Gasteiger charge is -2.11. The molecule has 110 valence electrons. The van der Waals surface area contributed by atoms with E-state index in [2.05, 4.69) is 25.9 Å². The van der Waals surface area contributed by atoms with Gasteiger partial charge in [-0.05, 0) is 28.9 Å². The molecule has 0 aliphatic carbocycles. The third kappa shape index (κ3) is 3.10. The van der Waals surface area contributed by atoms with Crippen LogP contribution in [0.5, 0.6) is 11.6 Å². The molecule has 0 saturated heterocycles. The van der Waals surface area contributed by atoms with Gasteiger partial charge in [-0.3, -0.25) is 10.1 Å². The normalized spacial score (nSPS) is 10.4. The van der Waals surface area contributed by atoms with Crippen molar-refractivity contribution in [2.24, 2.45) is 0 Å². The van der Waals surface area contributed by atoms with Crippen LogP contribution in [0.4, 0.5) is 11.5 Å². The van der Waals surface area contributed by atoms with E-state index in [1.807, 2.05) is 6.92 Å². The summed E-state index contributed by atoms with van der Waals surface area (Å²) in [4.78, 5) is 18.8. The molecule has 1 aromatic carbocycles. The number of rotatable bonds is 4. The highest BCUT2D eigenvalue weighted by Gasteiger charge is 2.18. The molecule has 0 fully saturated rings. The zero-order chi connectivity index (χ0) is 15.6. The molecule has 0 unspecified atom stereocenters. The Bertz CT molecular complexity index is 706. The lowest BCUT2D eigenvalue weighted by atomic mass is 10.3. The summed E-state index contributed by atoms with van der Waals surface area (Å²) < 4.78 is 5.93. The maximum Gasteiger partial charge on any atom is 0.287 e. The number of hydrogen-bond acceptors (Lipinski definition) is 6. The number of nitrogens with two attached hydrogens (primary N) is 1. The Labute approximate surface area is 129 Å². The zero-order valence-corrected chi connectivity index (χ0v) is 13.0. The van der Waals surface area contributed by atoms with E-state index in [1.54, 1.807) is 19.1 Å². The molecule has 0 aliphatic heterocycles. The minimum Gasteiger partial charge on any atom is -0.437 e. The smallest absolute Gasteiger partial charge is 0.287 e. The molecular weight excluding hydrogens is 340 g/mol. The Kier molecular flexibility index (Phi) is 4.37. The molecule has 1 aromatic heterocycles. The van der Waals surface area contributed by atoms with Crippen molar-refractivity contribution in [1.82, 2.24) is 9.97 Å². The van der Waals surface area contributed by atoms with E-state index in [0.29, 0.717) is 35.3 Å². The first-order chi connectivity index (χ1) is 9.93. The van der Waals surface area contributed by atoms with Crippen LogP contribution in [-0.4, -0.2) is 14.9 Å². The van der Waals surface area contributed by atoms with Crippen molar-refractivity contribution in [2.75, 3.05) is 5.73 Å². The number of ether oxygens (including phenoxy) is 1. The molecule has 0 atom stereocenters. The molecule has 7 nitrogen and oxygen atoms in total. The molecule has 2 rings (SSSR count). The third-order valence-corrected chi connectivity index (χ3v) is 3.64. The van der Waals surface area contributed by atoms with Crippen LogP contribution in [0, 0.1) is 17.0 Å². The van der Waals surface area contributed by atoms with E-state index in [-0.39, 0.29) is 10.2 Å². The van der Waals surface area contributed by atoms with Gasteiger partial charge in [0.25, 0.3) is 5.69 Å². The molecule has 1 heterocycles. The van der Waals surface area contributed by atoms with Crippen LogP contribution in [0.25, 0.3) is 0 Å². The second-order valence-electron chi connectivity index (χ2n) is 4.26. The highest BCUT2D eigenvalue weighted by atomic mass is 79.9. The van der Waals surface area contributed by atoms with Gasteiger partial charge in [-0.1, -0.05) is 13.0 Å². The lowest BCUT2D eigenvalue weighted by molar-refractivity contribution is -0.385. The number of nitro benzene ring substituents is 1. The summed E-state index contributed by atoms with van der Waals surface area (Å²) in [5.41, 5.74) is 6.32. The Hall–Kier alpha value is -2.22. The Balaban J connectivity index is 2.46. The number of hydrogen-bond donors (Lipinski definition) is 1. The second kappa shape index (κ2) is 6.04. The van der Waals surface area contributed by atoms with Crippen molar-refractivity contribution in [1.29, 1.82) is 0 Å². The van der Waals surface area contributed by atoms with Gasteiger partial charge in [-0.25, -0.2) is 4.98 Å². The Morgan fingerprint density at radius 1 is 1.43 bits per heavy atom. The summed E-state index contributed by atoms with van der Waals surface area (Å²) in [6, 6.07) is 4.54. The van der Waals surface area contributed by atoms with Crippen LogP contribution in [-0.2, 0) is 6.42 Å². The molecule has 21 heavy (non-hydrogen) atoms. The molecule has 0 amide bonds. The van der Waals surface area contributed by atoms with Gasteiger partial charge in [-0.15, -0.1) is 0 Å². The molecule has 2 N–H and O–H groups in total. The van der Waals surface area contributed by atoms with E-state index in [0.717, 1.165) is 0 Å². The average molecular weight is 353 g/mol. The number of nitro groups is 1. The van der Waals surface area contributed by atoms with Crippen molar-refractivity contribution in [3.05, 3.63) is 44.2 Å². The van der Waals surface area contributed by atoms with Crippen LogP contribution < -0.4 is 10.5 Å². The summed E-state index contributed by atoms with van der Waals surface area (Å²) in [6.07, 6.45) is 0.608. The topological polar surface area (TPSA) is 104 Å². The summed E-state index contributed by atoms with van der Waals surface area (Å²) in [5, 5.41) is 10.9. The maximum absolute atomic E-state index is 10.9. The maximum atomic E-state index is 10.9. The molecule has 2 aromatic rings. The predicted molar refractivity (Wildman–Crippen MR) is 81.4 cm³/mol. The van der Waals surface area contributed by atoms with E-state index >= 15 is 0 Å². The minimum absolute atomic E-state index is 0.0807. The summed E-state index contributed by atoms with van der Waals surface area (Å²) in [6.45, 7) is 3.63. The summed E-state index contributed by atoms with van der Waals surface area (Å²) in [5.74, 6) is 1.47. The van der Waals surface area contributed by atoms with Gasteiger partial charge in [0.15, 0.2) is 5.75 Å². The van der Waals surface area contributed by atoms with Crippen LogP contribution in [0.3, 0.4) is 0 Å². The predicted octanol–water partition coefficient (Wildman–Crippen LogP) is 3.39. The third-order valence-electron chi connectivity index (χ3n) is 2.85. The molecule has 0 aliphatic rings. The van der Waals surface area contributed by atoms with Crippen LogP contribution >= 0.6 is 15.9 Å². The van der Waals surface area contributed by atoms with Gasteiger partial charge < -0.3 is 10.5 Å². The molecular formula is C13H13BrN4O3. The van der Waals surface area contributed by atoms with Crippen LogP contribution in [0.1, 0.15) is 18.3 Å². The quantitative estimate of drug-likeness (QED) is 0.667. The first kappa shape index (κ1) is 15.2. The highest BCUT2D eigenvalue weighted by Crippen LogP contribution is 2.37. The first-order valence-electron chi connectivity index (χ1n) is 6.17. The van der Waals surface area contributed by atoms with Gasteiger partial charge in [0, 0.05) is 12.5 Å². The standard InChI is InChI=1S/C13H13BrN4O3/c1-3-10-16-12(15)7(2)13(17-10)21-9-6-4-5-8(11(9)14)18(19)20/h4-6H,3H2,1-2H3,(H2,15,16,17). The summed E-state index contributed by atoms with van der Waals surface area (Å²) in [7, 11) is 0. The van der Waals surface area contributed by atoms with Crippen molar-refractivity contribution in [3.63, 3.8) is 0 Å².